The summed E-state index contributed by atoms with van der Waals surface area (Å²) in [6, 6.07) is 6.29. The van der Waals surface area contributed by atoms with E-state index < -0.39 is 5.97 Å². The summed E-state index contributed by atoms with van der Waals surface area (Å²) in [5, 5.41) is 8.91. The summed E-state index contributed by atoms with van der Waals surface area (Å²) in [7, 11) is 0. The average Bonchev–Trinajstić information content (AvgIpc) is 2.34. The number of carbonyl (C=O) groups is 2. The van der Waals surface area contributed by atoms with Gasteiger partial charge in [0, 0.05) is 0 Å². The Morgan fingerprint density at radius 1 is 1.33 bits per heavy atom. The third-order valence-electron chi connectivity index (χ3n) is 2.03. The molecular formula is C12H13BrO5. The monoisotopic (exact) mass is 316 g/mol. The van der Waals surface area contributed by atoms with Crippen LogP contribution in [-0.2, 0) is 9.53 Å². The number of carboxylic acid groups (broad SMARTS) is 1. The minimum absolute atomic E-state index is 0.0721. The van der Waals surface area contributed by atoms with Gasteiger partial charge in [-0.05, 0) is 19.1 Å². The van der Waals surface area contributed by atoms with Crippen LogP contribution in [0.25, 0.3) is 0 Å². The summed E-state index contributed by atoms with van der Waals surface area (Å²) < 4.78 is 10.1. The predicted octanol–water partition coefficient (Wildman–Crippen LogP) is 2.09. The van der Waals surface area contributed by atoms with Gasteiger partial charge in [0.1, 0.15) is 29.4 Å². The first-order valence-corrected chi connectivity index (χ1v) is 6.19. The van der Waals surface area contributed by atoms with E-state index in [4.69, 9.17) is 14.6 Å². The van der Waals surface area contributed by atoms with Crippen LogP contribution in [0, 0.1) is 0 Å². The van der Waals surface area contributed by atoms with E-state index in [2.05, 4.69) is 15.9 Å². The largest absolute Gasteiger partial charge is 0.489 e. The number of alkyl halides is 1. The van der Waals surface area contributed by atoms with E-state index in [-0.39, 0.29) is 35.3 Å². The lowest BCUT2D eigenvalue weighted by Gasteiger charge is -2.10. The van der Waals surface area contributed by atoms with E-state index in [0.717, 1.165) is 0 Å². The Balaban J connectivity index is 2.45. The minimum Gasteiger partial charge on any atom is -0.489 e. The molecule has 0 bridgehead atoms. The number of para-hydroxylation sites is 1. The Hall–Kier alpha value is -1.56. The van der Waals surface area contributed by atoms with Gasteiger partial charge >= 0.3 is 11.9 Å². The normalized spacial score (nSPS) is 11.7. The lowest BCUT2D eigenvalue weighted by Crippen LogP contribution is -2.18. The molecule has 0 aromatic heterocycles. The molecule has 1 N–H and O–H groups in total. The first-order chi connectivity index (χ1) is 8.52. The van der Waals surface area contributed by atoms with Gasteiger partial charge in [-0.25, -0.2) is 4.79 Å². The number of aromatic carboxylic acids is 1. The number of hydrogen-bond acceptors (Lipinski definition) is 4. The van der Waals surface area contributed by atoms with Gasteiger partial charge in [0.15, 0.2) is 0 Å². The molecule has 6 heteroatoms. The molecule has 1 rings (SSSR count). The van der Waals surface area contributed by atoms with Gasteiger partial charge in [-0.2, -0.15) is 0 Å². The average molecular weight is 317 g/mol. The maximum atomic E-state index is 11.1. The maximum absolute atomic E-state index is 11.1. The van der Waals surface area contributed by atoms with Crippen molar-refractivity contribution in [3.8, 4) is 5.75 Å². The zero-order chi connectivity index (χ0) is 13.5. The highest BCUT2D eigenvalue weighted by atomic mass is 79.9. The fourth-order valence-corrected chi connectivity index (χ4v) is 1.31. The van der Waals surface area contributed by atoms with Gasteiger partial charge in [-0.3, -0.25) is 4.79 Å². The number of benzene rings is 1. The highest BCUT2D eigenvalue weighted by molar-refractivity contribution is 9.10. The number of rotatable bonds is 6. The molecule has 98 valence electrons. The molecule has 1 aromatic rings. The van der Waals surface area contributed by atoms with Gasteiger partial charge in [-0.15, -0.1) is 0 Å². The molecule has 0 aliphatic rings. The summed E-state index contributed by atoms with van der Waals surface area (Å²) in [5.41, 5.74) is 0.0812. The topological polar surface area (TPSA) is 72.8 Å². The van der Waals surface area contributed by atoms with Crippen LogP contribution >= 0.6 is 15.9 Å². The number of halogens is 1. The molecule has 0 fully saturated rings. The standard InChI is InChI=1S/C12H13BrO5/c1-8(13)12(16)18-7-6-17-10-5-3-2-4-9(10)11(14)15/h2-5,8H,6-7H2,1H3,(H,14,15). The second kappa shape index (κ2) is 7.00. The number of hydrogen-bond donors (Lipinski definition) is 1. The summed E-state index contributed by atoms with van der Waals surface area (Å²) in [4.78, 5) is 21.6. The van der Waals surface area contributed by atoms with Crippen LogP contribution in [0.5, 0.6) is 5.75 Å². The molecule has 0 aliphatic heterocycles. The second-order valence-corrected chi connectivity index (χ2v) is 4.81. The van der Waals surface area contributed by atoms with Crippen LogP contribution in [0.4, 0.5) is 0 Å². The van der Waals surface area contributed by atoms with E-state index in [9.17, 15) is 9.59 Å². The van der Waals surface area contributed by atoms with Crippen molar-refractivity contribution in [2.24, 2.45) is 0 Å². The lowest BCUT2D eigenvalue weighted by atomic mass is 10.2. The van der Waals surface area contributed by atoms with Gasteiger partial charge in [0.2, 0.25) is 0 Å². The first kappa shape index (κ1) is 14.5. The Morgan fingerprint density at radius 3 is 2.61 bits per heavy atom. The van der Waals surface area contributed by atoms with Crippen LogP contribution < -0.4 is 4.74 Å². The van der Waals surface area contributed by atoms with Crippen molar-refractivity contribution < 1.29 is 24.2 Å². The molecule has 0 spiro atoms. The van der Waals surface area contributed by atoms with E-state index in [1.165, 1.54) is 6.07 Å². The Labute approximate surface area is 113 Å². The van der Waals surface area contributed by atoms with Crippen LogP contribution in [0.15, 0.2) is 24.3 Å². The van der Waals surface area contributed by atoms with Gasteiger partial charge in [-0.1, -0.05) is 28.1 Å². The Bertz CT molecular complexity index is 430. The second-order valence-electron chi connectivity index (χ2n) is 3.43. The van der Waals surface area contributed by atoms with Crippen molar-refractivity contribution in [1.29, 1.82) is 0 Å². The molecule has 0 radical (unpaired) electrons. The van der Waals surface area contributed by atoms with Crippen LogP contribution in [-0.4, -0.2) is 35.1 Å². The smallest absolute Gasteiger partial charge is 0.339 e. The van der Waals surface area contributed by atoms with Gasteiger partial charge < -0.3 is 14.6 Å². The Morgan fingerprint density at radius 2 is 2.00 bits per heavy atom. The minimum atomic E-state index is -1.06. The van der Waals surface area contributed by atoms with Crippen LogP contribution in [0.1, 0.15) is 17.3 Å². The van der Waals surface area contributed by atoms with Crippen molar-refractivity contribution in [2.45, 2.75) is 11.8 Å². The lowest BCUT2D eigenvalue weighted by molar-refractivity contribution is -0.143. The van der Waals surface area contributed by atoms with E-state index >= 15 is 0 Å². The van der Waals surface area contributed by atoms with Crippen molar-refractivity contribution in [3.63, 3.8) is 0 Å². The zero-order valence-corrected chi connectivity index (χ0v) is 11.3. The molecule has 18 heavy (non-hydrogen) atoms. The quantitative estimate of drug-likeness (QED) is 0.494. The maximum Gasteiger partial charge on any atom is 0.339 e. The summed E-state index contributed by atoms with van der Waals surface area (Å²) >= 11 is 3.07. The van der Waals surface area contributed by atoms with Crippen LogP contribution in [0.2, 0.25) is 0 Å². The van der Waals surface area contributed by atoms with Gasteiger partial charge in [0.05, 0.1) is 0 Å². The van der Waals surface area contributed by atoms with Gasteiger partial charge in [0.25, 0.3) is 0 Å². The fraction of sp³-hybridized carbons (Fsp3) is 0.333. The predicted molar refractivity (Wildman–Crippen MR) is 68.2 cm³/mol. The van der Waals surface area contributed by atoms with Crippen molar-refractivity contribution in [3.05, 3.63) is 29.8 Å². The number of carboxylic acids is 1. The number of carbonyl (C=O) groups excluding carboxylic acids is 1. The molecule has 5 nitrogen and oxygen atoms in total. The summed E-state index contributed by atoms with van der Waals surface area (Å²) in [6.07, 6.45) is 0. The first-order valence-electron chi connectivity index (χ1n) is 5.28. The SMILES string of the molecule is CC(Br)C(=O)OCCOc1ccccc1C(=O)O. The van der Waals surface area contributed by atoms with Crippen molar-refractivity contribution in [2.75, 3.05) is 13.2 Å². The molecule has 1 atom stereocenters. The highest BCUT2D eigenvalue weighted by Crippen LogP contribution is 2.17. The molecule has 0 heterocycles. The number of esters is 1. The molecule has 0 saturated carbocycles. The third kappa shape index (κ3) is 4.37. The summed E-state index contributed by atoms with van der Waals surface area (Å²) in [5.74, 6) is -1.19. The molecular weight excluding hydrogens is 304 g/mol. The van der Waals surface area contributed by atoms with Crippen molar-refractivity contribution in [1.82, 2.24) is 0 Å². The van der Waals surface area contributed by atoms with Crippen LogP contribution in [0.3, 0.4) is 0 Å². The molecule has 0 aliphatic carbocycles. The molecule has 1 unspecified atom stereocenters. The van der Waals surface area contributed by atoms with E-state index in [0.29, 0.717) is 0 Å². The highest BCUT2D eigenvalue weighted by Gasteiger charge is 2.11. The Kier molecular flexibility index (Phi) is 5.64. The molecule has 1 aromatic carbocycles. The molecule has 0 saturated heterocycles. The van der Waals surface area contributed by atoms with E-state index in [1.807, 2.05) is 0 Å². The fourth-order valence-electron chi connectivity index (χ4n) is 1.18. The third-order valence-corrected chi connectivity index (χ3v) is 2.40. The zero-order valence-electron chi connectivity index (χ0n) is 9.76. The number of ether oxygens (including phenoxy) is 2. The van der Waals surface area contributed by atoms with E-state index in [1.54, 1.807) is 25.1 Å². The van der Waals surface area contributed by atoms with Crippen molar-refractivity contribution >= 4 is 27.9 Å². The molecule has 0 amide bonds. The summed E-state index contributed by atoms with van der Waals surface area (Å²) in [6.45, 7) is 1.83.